The zero-order chi connectivity index (χ0) is 34.2. The summed E-state index contributed by atoms with van der Waals surface area (Å²) in [6, 6.07) is 14.6. The number of aromatic nitrogens is 1. The molecule has 1 saturated heterocycles. The molecular weight excluding hydrogens is 634 g/mol. The summed E-state index contributed by atoms with van der Waals surface area (Å²) in [4.78, 5) is 32.9. The Morgan fingerprint density at radius 1 is 0.837 bits per heavy atom. The first-order valence-electron chi connectivity index (χ1n) is 16.7. The number of fused-ring (bicyclic) bond motifs is 1. The van der Waals surface area contributed by atoms with Crippen LogP contribution in [-0.4, -0.2) is 67.8 Å². The average molecular weight is 675 g/mol. The number of amides is 2. The van der Waals surface area contributed by atoms with Crippen LogP contribution in [0.5, 0.6) is 23.0 Å². The lowest BCUT2D eigenvalue weighted by atomic mass is 10.0. The van der Waals surface area contributed by atoms with E-state index in [1.807, 2.05) is 12.1 Å². The van der Waals surface area contributed by atoms with Gasteiger partial charge in [0.2, 0.25) is 11.8 Å². The molecule has 1 saturated carbocycles. The highest BCUT2D eigenvalue weighted by molar-refractivity contribution is 6.16. The van der Waals surface area contributed by atoms with E-state index in [9.17, 15) is 14.0 Å². The Labute approximate surface area is 283 Å². The van der Waals surface area contributed by atoms with E-state index in [0.717, 1.165) is 58.2 Å². The molecular formula is C37H40F2N4O6. The first-order valence-corrected chi connectivity index (χ1v) is 16.7. The van der Waals surface area contributed by atoms with Crippen LogP contribution in [0.3, 0.4) is 0 Å². The smallest absolute Gasteiger partial charge is 0.240 e. The minimum atomic E-state index is -1.28. The number of halogens is 2. The van der Waals surface area contributed by atoms with Crippen molar-refractivity contribution in [1.82, 2.24) is 9.88 Å². The molecule has 258 valence electrons. The van der Waals surface area contributed by atoms with Gasteiger partial charge in [-0.2, -0.15) is 0 Å². The first kappa shape index (κ1) is 34.1. The normalized spacial score (nSPS) is 15.4. The fourth-order valence-corrected chi connectivity index (χ4v) is 5.56. The summed E-state index contributed by atoms with van der Waals surface area (Å²) in [6.07, 6.45) is 4.96. The number of rotatable bonds is 15. The third-order valence-corrected chi connectivity index (χ3v) is 8.63. The number of hydrogen-bond acceptors (Lipinski definition) is 8. The lowest BCUT2D eigenvalue weighted by Crippen LogP contribution is -2.37. The maximum absolute atomic E-state index is 15.4. The van der Waals surface area contributed by atoms with E-state index in [2.05, 4.69) is 27.4 Å². The zero-order valence-corrected chi connectivity index (χ0v) is 27.4. The van der Waals surface area contributed by atoms with E-state index in [0.29, 0.717) is 59.9 Å². The van der Waals surface area contributed by atoms with Crippen LogP contribution in [0.15, 0.2) is 66.9 Å². The Kier molecular flexibility index (Phi) is 10.8. The second-order valence-electron chi connectivity index (χ2n) is 12.2. The van der Waals surface area contributed by atoms with E-state index >= 15 is 4.39 Å². The molecule has 3 aromatic carbocycles. The van der Waals surface area contributed by atoms with Crippen molar-refractivity contribution in [2.24, 2.45) is 5.41 Å². The fourth-order valence-electron chi connectivity index (χ4n) is 5.56. The number of ether oxygens (including phenoxy) is 4. The van der Waals surface area contributed by atoms with Gasteiger partial charge in [0.05, 0.1) is 31.9 Å². The first-order chi connectivity index (χ1) is 23.8. The third-order valence-electron chi connectivity index (χ3n) is 8.63. The third kappa shape index (κ3) is 8.44. The highest BCUT2D eigenvalue weighted by atomic mass is 19.1. The second-order valence-corrected chi connectivity index (χ2v) is 12.2. The van der Waals surface area contributed by atoms with Gasteiger partial charge in [-0.1, -0.05) is 13.3 Å². The highest BCUT2D eigenvalue weighted by Crippen LogP contribution is 2.47. The van der Waals surface area contributed by atoms with Gasteiger partial charge in [-0.25, -0.2) is 8.78 Å². The van der Waals surface area contributed by atoms with Crippen LogP contribution in [0.25, 0.3) is 10.9 Å². The predicted octanol–water partition coefficient (Wildman–Crippen LogP) is 6.94. The number of nitrogens with zero attached hydrogens (tertiary/aromatic N) is 2. The molecule has 2 N–H and O–H groups in total. The number of nitrogens with one attached hydrogen (secondary N) is 2. The molecule has 2 heterocycles. The Balaban J connectivity index is 1.13. The minimum absolute atomic E-state index is 0.0578. The molecule has 0 radical (unpaired) electrons. The highest BCUT2D eigenvalue weighted by Gasteiger charge is 2.56. The minimum Gasteiger partial charge on any atom is -0.490 e. The summed E-state index contributed by atoms with van der Waals surface area (Å²) in [5.41, 5.74) is -0.124. The van der Waals surface area contributed by atoms with Crippen LogP contribution in [0.1, 0.15) is 39.0 Å². The number of carbonyl (C=O) groups is 2. The standard InChI is InChI=1S/C37H40F2N4O6/c1-2-3-18-47-33-23-28-30(24-34(33)48-19-4-15-43-16-20-46-21-17-43)40-14-11-31(28)49-32-10-9-27(22-29(32)39)42-36(45)37(12-13-37)35(44)41-26-7-5-25(38)6-8-26/h5-11,14,22-24H,2-4,12-13,15-21H2,1H3,(H,41,44)(H,42,45). The van der Waals surface area contributed by atoms with Gasteiger partial charge in [-0.05, 0) is 74.2 Å². The van der Waals surface area contributed by atoms with E-state index in [-0.39, 0.29) is 11.4 Å². The molecule has 0 atom stereocenters. The number of hydrogen-bond donors (Lipinski definition) is 2. The van der Waals surface area contributed by atoms with Crippen LogP contribution in [0.2, 0.25) is 0 Å². The summed E-state index contributed by atoms with van der Waals surface area (Å²) in [5, 5.41) is 5.93. The van der Waals surface area contributed by atoms with Crippen molar-refractivity contribution in [3.05, 3.63) is 78.5 Å². The molecule has 0 bridgehead atoms. The molecule has 0 unspecified atom stereocenters. The molecule has 0 spiro atoms. The quantitative estimate of drug-likeness (QED) is 0.103. The van der Waals surface area contributed by atoms with Crippen molar-refractivity contribution < 1.29 is 37.3 Å². The van der Waals surface area contributed by atoms with Crippen LogP contribution in [-0.2, 0) is 14.3 Å². The molecule has 1 aromatic heterocycles. The van der Waals surface area contributed by atoms with E-state index in [1.54, 1.807) is 12.3 Å². The van der Waals surface area contributed by atoms with Crippen LogP contribution in [0, 0.1) is 17.0 Å². The summed E-state index contributed by atoms with van der Waals surface area (Å²) in [6.45, 7) is 7.38. The summed E-state index contributed by atoms with van der Waals surface area (Å²) < 4.78 is 52.3. The summed E-state index contributed by atoms with van der Waals surface area (Å²) in [7, 11) is 0. The van der Waals surface area contributed by atoms with Crippen molar-refractivity contribution in [2.45, 2.75) is 39.0 Å². The second kappa shape index (κ2) is 15.6. The lowest BCUT2D eigenvalue weighted by Gasteiger charge is -2.26. The van der Waals surface area contributed by atoms with Gasteiger partial charge in [-0.15, -0.1) is 0 Å². The zero-order valence-electron chi connectivity index (χ0n) is 27.4. The molecule has 2 aliphatic rings. The Bertz CT molecular complexity index is 1780. The monoisotopic (exact) mass is 674 g/mol. The van der Waals surface area contributed by atoms with Crippen molar-refractivity contribution >= 4 is 34.1 Å². The SMILES string of the molecule is CCCCOc1cc2c(Oc3ccc(NC(=O)C4(C(=O)Nc5ccc(F)cc5)CC4)cc3F)ccnc2cc1OCCCN1CCOCC1. The van der Waals surface area contributed by atoms with Gasteiger partial charge in [-0.3, -0.25) is 19.5 Å². The molecule has 1 aliphatic carbocycles. The summed E-state index contributed by atoms with van der Waals surface area (Å²) in [5.74, 6) is -0.733. The van der Waals surface area contributed by atoms with Crippen molar-refractivity contribution in [3.63, 3.8) is 0 Å². The Hall–Kier alpha value is -4.81. The van der Waals surface area contributed by atoms with Crippen LogP contribution >= 0.6 is 0 Å². The number of anilines is 2. The summed E-state index contributed by atoms with van der Waals surface area (Å²) >= 11 is 0. The number of pyridine rings is 1. The Morgan fingerprint density at radius 3 is 2.20 bits per heavy atom. The number of unbranched alkanes of at least 4 members (excludes halogenated alkanes) is 1. The molecule has 49 heavy (non-hydrogen) atoms. The topological polar surface area (TPSA) is 111 Å². The van der Waals surface area contributed by atoms with Gasteiger partial charge in [0.25, 0.3) is 0 Å². The number of carbonyl (C=O) groups excluding carboxylic acids is 2. The van der Waals surface area contributed by atoms with Gasteiger partial charge < -0.3 is 29.6 Å². The lowest BCUT2D eigenvalue weighted by molar-refractivity contribution is -0.131. The van der Waals surface area contributed by atoms with Crippen LogP contribution in [0.4, 0.5) is 20.2 Å². The van der Waals surface area contributed by atoms with E-state index in [4.69, 9.17) is 18.9 Å². The van der Waals surface area contributed by atoms with Gasteiger partial charge in [0.1, 0.15) is 17.0 Å². The van der Waals surface area contributed by atoms with Gasteiger partial charge in [0, 0.05) is 54.7 Å². The van der Waals surface area contributed by atoms with Gasteiger partial charge in [0.15, 0.2) is 23.1 Å². The fraction of sp³-hybridized carbons (Fsp3) is 0.378. The predicted molar refractivity (Wildman–Crippen MR) is 181 cm³/mol. The maximum Gasteiger partial charge on any atom is 0.240 e. The molecule has 2 fully saturated rings. The van der Waals surface area contributed by atoms with Gasteiger partial charge >= 0.3 is 0 Å². The average Bonchev–Trinajstić information content (AvgIpc) is 3.92. The molecule has 1 aliphatic heterocycles. The number of morpholine rings is 1. The molecule has 2 amide bonds. The molecule has 6 rings (SSSR count). The van der Waals surface area contributed by atoms with Crippen molar-refractivity contribution in [3.8, 4) is 23.0 Å². The molecule has 12 heteroatoms. The van der Waals surface area contributed by atoms with Crippen molar-refractivity contribution in [1.29, 1.82) is 0 Å². The van der Waals surface area contributed by atoms with Crippen LogP contribution < -0.4 is 24.8 Å². The van der Waals surface area contributed by atoms with Crippen molar-refractivity contribution in [2.75, 3.05) is 56.7 Å². The number of benzene rings is 3. The Morgan fingerprint density at radius 2 is 1.51 bits per heavy atom. The maximum atomic E-state index is 15.4. The molecule has 4 aromatic rings. The van der Waals surface area contributed by atoms with E-state index < -0.39 is 28.9 Å². The largest absolute Gasteiger partial charge is 0.490 e. The molecule has 10 nitrogen and oxygen atoms in total. The van der Waals surface area contributed by atoms with E-state index in [1.165, 1.54) is 36.4 Å².